The molecule has 1 aliphatic heterocycles. The van der Waals surface area contributed by atoms with E-state index in [2.05, 4.69) is 19.9 Å². The predicted octanol–water partition coefficient (Wildman–Crippen LogP) is 2.06. The summed E-state index contributed by atoms with van der Waals surface area (Å²) in [5.74, 6) is -0.0527. The van der Waals surface area contributed by atoms with E-state index >= 15 is 0 Å². The molecular formula is C16H24N2O2. The summed E-state index contributed by atoms with van der Waals surface area (Å²) in [7, 11) is 1.56. The van der Waals surface area contributed by atoms with Crippen molar-refractivity contribution in [3.05, 3.63) is 29.8 Å². The van der Waals surface area contributed by atoms with Crippen molar-refractivity contribution in [1.29, 1.82) is 0 Å². The Bertz CT molecular complexity index is 483. The van der Waals surface area contributed by atoms with Gasteiger partial charge in [0.2, 0.25) is 5.91 Å². The van der Waals surface area contributed by atoms with E-state index < -0.39 is 6.04 Å². The Kier molecular flexibility index (Phi) is 4.45. The molecule has 4 nitrogen and oxygen atoms in total. The number of hydrogen-bond donors (Lipinski definition) is 1. The minimum absolute atomic E-state index is 0.0527. The van der Waals surface area contributed by atoms with Gasteiger partial charge in [-0.15, -0.1) is 0 Å². The molecule has 0 saturated heterocycles. The number of carbonyl (C=O) groups is 1. The van der Waals surface area contributed by atoms with Gasteiger partial charge in [0, 0.05) is 24.8 Å². The maximum absolute atomic E-state index is 12.5. The van der Waals surface area contributed by atoms with Gasteiger partial charge in [-0.3, -0.25) is 4.79 Å². The van der Waals surface area contributed by atoms with E-state index in [1.54, 1.807) is 7.11 Å². The van der Waals surface area contributed by atoms with Crippen LogP contribution >= 0.6 is 0 Å². The molecule has 0 aliphatic carbocycles. The van der Waals surface area contributed by atoms with Gasteiger partial charge in [-0.05, 0) is 24.5 Å². The average molecular weight is 276 g/mol. The van der Waals surface area contributed by atoms with Crippen LogP contribution < -0.4 is 10.6 Å². The van der Waals surface area contributed by atoms with Crippen LogP contribution in [-0.4, -0.2) is 32.2 Å². The third-order valence-corrected chi connectivity index (χ3v) is 4.51. The quantitative estimate of drug-likeness (QED) is 0.895. The third-order valence-electron chi connectivity index (χ3n) is 4.51. The van der Waals surface area contributed by atoms with Gasteiger partial charge in [0.15, 0.2) is 0 Å². The number of amides is 1. The van der Waals surface area contributed by atoms with Crippen molar-refractivity contribution in [3.63, 3.8) is 0 Å². The second-order valence-electron chi connectivity index (χ2n) is 5.49. The fraction of sp³-hybridized carbons (Fsp3) is 0.562. The van der Waals surface area contributed by atoms with Crippen LogP contribution in [0.5, 0.6) is 0 Å². The number of rotatable bonds is 5. The van der Waals surface area contributed by atoms with Gasteiger partial charge >= 0.3 is 0 Å². The Morgan fingerprint density at radius 2 is 2.05 bits per heavy atom. The van der Waals surface area contributed by atoms with E-state index in [1.165, 1.54) is 5.56 Å². The Labute approximate surface area is 120 Å². The molecule has 0 bridgehead atoms. The number of para-hydroxylation sites is 1. The number of carbonyl (C=O) groups excluding carboxylic acids is 1. The maximum Gasteiger partial charge on any atom is 0.246 e. The number of hydrogen-bond acceptors (Lipinski definition) is 3. The molecule has 0 fully saturated rings. The summed E-state index contributed by atoms with van der Waals surface area (Å²) < 4.78 is 5.00. The average Bonchev–Trinajstić information content (AvgIpc) is 2.82. The fourth-order valence-electron chi connectivity index (χ4n) is 3.13. The molecule has 4 heteroatoms. The highest BCUT2D eigenvalue weighted by Gasteiger charge is 2.42. The molecule has 2 N–H and O–H groups in total. The highest BCUT2D eigenvalue weighted by atomic mass is 16.5. The molecule has 0 saturated carbocycles. The van der Waals surface area contributed by atoms with Gasteiger partial charge in [-0.2, -0.15) is 0 Å². The van der Waals surface area contributed by atoms with Crippen LogP contribution in [0.3, 0.4) is 0 Å². The smallest absolute Gasteiger partial charge is 0.246 e. The minimum Gasteiger partial charge on any atom is -0.383 e. The van der Waals surface area contributed by atoms with Crippen LogP contribution in [0.1, 0.15) is 32.3 Å². The third kappa shape index (κ3) is 2.34. The zero-order chi connectivity index (χ0) is 14.8. The van der Waals surface area contributed by atoms with Crippen molar-refractivity contribution >= 4 is 11.6 Å². The number of ether oxygens (including phenoxy) is 1. The van der Waals surface area contributed by atoms with E-state index in [4.69, 9.17) is 10.5 Å². The van der Waals surface area contributed by atoms with Gasteiger partial charge in [0.05, 0.1) is 6.61 Å². The highest BCUT2D eigenvalue weighted by molar-refractivity contribution is 5.99. The Morgan fingerprint density at radius 1 is 1.40 bits per heavy atom. The van der Waals surface area contributed by atoms with Crippen LogP contribution in [-0.2, 0) is 14.9 Å². The summed E-state index contributed by atoms with van der Waals surface area (Å²) >= 11 is 0. The summed E-state index contributed by atoms with van der Waals surface area (Å²) in [4.78, 5) is 14.4. The number of nitrogens with two attached hydrogens (primary N) is 1. The van der Waals surface area contributed by atoms with Crippen LogP contribution in [0, 0.1) is 0 Å². The molecule has 1 aliphatic rings. The van der Waals surface area contributed by atoms with E-state index in [0.717, 1.165) is 25.1 Å². The Hall–Kier alpha value is -1.39. The Morgan fingerprint density at radius 3 is 2.65 bits per heavy atom. The Balaban J connectivity index is 2.37. The van der Waals surface area contributed by atoms with Crippen LogP contribution in [0.2, 0.25) is 0 Å². The van der Waals surface area contributed by atoms with Crippen molar-refractivity contribution in [1.82, 2.24) is 0 Å². The summed E-state index contributed by atoms with van der Waals surface area (Å²) in [6.45, 7) is 5.34. The summed E-state index contributed by atoms with van der Waals surface area (Å²) in [5, 5.41) is 0. The SMILES string of the molecule is CCC1(CC)CN(C(=O)C(N)COC)c2ccccc21. The number of methoxy groups -OCH3 is 1. The second-order valence-corrected chi connectivity index (χ2v) is 5.49. The fourth-order valence-corrected chi connectivity index (χ4v) is 3.13. The van der Waals surface area contributed by atoms with Crippen molar-refractivity contribution < 1.29 is 9.53 Å². The number of anilines is 1. The van der Waals surface area contributed by atoms with Gasteiger partial charge in [0.1, 0.15) is 6.04 Å². The molecular weight excluding hydrogens is 252 g/mol. The molecule has 0 radical (unpaired) electrons. The number of nitrogens with zero attached hydrogens (tertiary/aromatic N) is 1. The minimum atomic E-state index is -0.599. The van der Waals surface area contributed by atoms with E-state index in [1.807, 2.05) is 23.1 Å². The molecule has 0 spiro atoms. The highest BCUT2D eigenvalue weighted by Crippen LogP contribution is 2.45. The molecule has 1 heterocycles. The zero-order valence-electron chi connectivity index (χ0n) is 12.6. The zero-order valence-corrected chi connectivity index (χ0v) is 12.6. The molecule has 1 unspecified atom stereocenters. The monoisotopic (exact) mass is 276 g/mol. The van der Waals surface area contributed by atoms with Gasteiger partial charge in [-0.25, -0.2) is 0 Å². The largest absolute Gasteiger partial charge is 0.383 e. The van der Waals surface area contributed by atoms with Gasteiger partial charge in [0.25, 0.3) is 0 Å². The molecule has 1 aromatic rings. The molecule has 110 valence electrons. The first-order chi connectivity index (χ1) is 9.59. The summed E-state index contributed by atoms with van der Waals surface area (Å²) in [5.41, 5.74) is 8.25. The second kappa shape index (κ2) is 5.94. The lowest BCUT2D eigenvalue weighted by Crippen LogP contribution is -2.47. The lowest BCUT2D eigenvalue weighted by atomic mass is 9.78. The predicted molar refractivity (Wildman–Crippen MR) is 80.9 cm³/mol. The van der Waals surface area contributed by atoms with Crippen molar-refractivity contribution in [2.24, 2.45) is 5.73 Å². The van der Waals surface area contributed by atoms with Crippen LogP contribution in [0.4, 0.5) is 5.69 Å². The van der Waals surface area contributed by atoms with E-state index in [0.29, 0.717) is 0 Å². The van der Waals surface area contributed by atoms with Gasteiger partial charge in [-0.1, -0.05) is 32.0 Å². The molecule has 0 aromatic heterocycles. The van der Waals surface area contributed by atoms with Crippen molar-refractivity contribution in [3.8, 4) is 0 Å². The van der Waals surface area contributed by atoms with Crippen LogP contribution in [0.25, 0.3) is 0 Å². The number of benzene rings is 1. The molecule has 1 amide bonds. The van der Waals surface area contributed by atoms with E-state index in [9.17, 15) is 4.79 Å². The van der Waals surface area contributed by atoms with Crippen LogP contribution in [0.15, 0.2) is 24.3 Å². The van der Waals surface area contributed by atoms with Crippen molar-refractivity contribution in [2.45, 2.75) is 38.1 Å². The molecule has 20 heavy (non-hydrogen) atoms. The molecule has 1 atom stereocenters. The first-order valence-electron chi connectivity index (χ1n) is 7.25. The molecule has 2 rings (SSSR count). The lowest BCUT2D eigenvalue weighted by molar-refractivity contribution is -0.120. The first-order valence-corrected chi connectivity index (χ1v) is 7.25. The van der Waals surface area contributed by atoms with E-state index in [-0.39, 0.29) is 17.9 Å². The molecule has 1 aromatic carbocycles. The normalized spacial score (nSPS) is 17.9. The lowest BCUT2D eigenvalue weighted by Gasteiger charge is -2.28. The standard InChI is InChI=1S/C16H24N2O2/c1-4-16(5-2)11-18(15(19)13(17)10-20-3)14-9-7-6-8-12(14)16/h6-9,13H,4-5,10-11,17H2,1-3H3. The first kappa shape index (κ1) is 15.0. The summed E-state index contributed by atoms with van der Waals surface area (Å²) in [6, 6.07) is 7.57. The maximum atomic E-state index is 12.5. The summed E-state index contributed by atoms with van der Waals surface area (Å²) in [6.07, 6.45) is 2.04. The number of fused-ring (bicyclic) bond motifs is 1. The topological polar surface area (TPSA) is 55.6 Å². The van der Waals surface area contributed by atoms with Crippen molar-refractivity contribution in [2.75, 3.05) is 25.2 Å². The van der Waals surface area contributed by atoms with Gasteiger partial charge < -0.3 is 15.4 Å².